The Kier molecular flexibility index (Phi) is 3.46. The molecule has 0 saturated heterocycles. The van der Waals surface area contributed by atoms with Crippen LogP contribution in [0.25, 0.3) is 0 Å². The number of rotatable bonds is 4. The number of amides is 1. The van der Waals surface area contributed by atoms with Crippen molar-refractivity contribution in [3.05, 3.63) is 53.3 Å². The van der Waals surface area contributed by atoms with Crippen molar-refractivity contribution in [3.8, 4) is 0 Å². The molecule has 0 aliphatic heterocycles. The van der Waals surface area contributed by atoms with Gasteiger partial charge in [0.1, 0.15) is 0 Å². The first-order chi connectivity index (χ1) is 9.78. The largest absolute Gasteiger partial charge is 0.320 e. The van der Waals surface area contributed by atoms with Crippen molar-refractivity contribution in [1.29, 1.82) is 0 Å². The fourth-order valence-electron chi connectivity index (χ4n) is 2.20. The molecule has 0 atom stereocenters. The van der Waals surface area contributed by atoms with Crippen LogP contribution in [0.1, 0.15) is 47.4 Å². The zero-order valence-corrected chi connectivity index (χ0v) is 11.5. The van der Waals surface area contributed by atoms with Crippen LogP contribution in [0.5, 0.6) is 0 Å². The lowest BCUT2D eigenvalue weighted by Gasteiger charge is -2.09. The number of hydrogen-bond donors (Lipinski definition) is 1. The molecule has 4 nitrogen and oxygen atoms in total. The van der Waals surface area contributed by atoms with Crippen LogP contribution in [0.15, 0.2) is 36.4 Å². The highest BCUT2D eigenvalue weighted by atomic mass is 16.1. The van der Waals surface area contributed by atoms with Crippen molar-refractivity contribution in [3.63, 3.8) is 0 Å². The van der Waals surface area contributed by atoms with E-state index >= 15 is 0 Å². The van der Waals surface area contributed by atoms with Gasteiger partial charge in [-0.15, -0.1) is 5.10 Å². The highest BCUT2D eigenvalue weighted by Gasteiger charge is 2.25. The lowest BCUT2D eigenvalue weighted by molar-refractivity contribution is 0.102. The molecule has 0 radical (unpaired) electrons. The van der Waals surface area contributed by atoms with E-state index in [-0.39, 0.29) is 5.91 Å². The normalized spacial score (nSPS) is 14.1. The Bertz CT molecular complexity index is 618. The Labute approximate surface area is 118 Å². The molecule has 1 aromatic heterocycles. The van der Waals surface area contributed by atoms with Crippen LogP contribution in [-0.2, 0) is 6.42 Å². The molecule has 3 rings (SSSR count). The minimum absolute atomic E-state index is 0.208. The van der Waals surface area contributed by atoms with Gasteiger partial charge in [-0.3, -0.25) is 4.79 Å². The predicted octanol–water partition coefficient (Wildman–Crippen LogP) is 3.17. The molecule has 1 saturated carbocycles. The first-order valence-corrected chi connectivity index (χ1v) is 7.01. The molecule has 102 valence electrons. The van der Waals surface area contributed by atoms with E-state index in [1.807, 2.05) is 30.3 Å². The Morgan fingerprint density at radius 2 is 2.00 bits per heavy atom. The van der Waals surface area contributed by atoms with Crippen molar-refractivity contribution in [2.75, 3.05) is 5.32 Å². The van der Waals surface area contributed by atoms with Gasteiger partial charge in [0.15, 0.2) is 5.69 Å². The molecule has 0 spiro atoms. The maximum atomic E-state index is 12.2. The van der Waals surface area contributed by atoms with Crippen molar-refractivity contribution in [2.45, 2.75) is 32.1 Å². The summed E-state index contributed by atoms with van der Waals surface area (Å²) in [5.41, 5.74) is 3.31. The molecule has 1 fully saturated rings. The molecular formula is C16H17N3O. The lowest BCUT2D eigenvalue weighted by atomic mass is 10.1. The summed E-state index contributed by atoms with van der Waals surface area (Å²) < 4.78 is 0. The molecule has 4 heteroatoms. The summed E-state index contributed by atoms with van der Waals surface area (Å²) in [6.07, 6.45) is 3.25. The van der Waals surface area contributed by atoms with E-state index in [1.54, 1.807) is 6.07 Å². The minimum Gasteiger partial charge on any atom is -0.320 e. The van der Waals surface area contributed by atoms with Crippen molar-refractivity contribution < 1.29 is 4.79 Å². The number of aryl methyl sites for hydroxylation is 1. The van der Waals surface area contributed by atoms with Gasteiger partial charge in [-0.25, -0.2) is 0 Å². The molecule has 1 heterocycles. The summed E-state index contributed by atoms with van der Waals surface area (Å²) in [6.45, 7) is 2.06. The number of hydrogen-bond acceptors (Lipinski definition) is 3. The summed E-state index contributed by atoms with van der Waals surface area (Å²) in [6, 6.07) is 11.5. The highest BCUT2D eigenvalue weighted by Crippen LogP contribution is 2.38. The van der Waals surface area contributed by atoms with Crippen LogP contribution in [-0.4, -0.2) is 16.1 Å². The average Bonchev–Trinajstić information content (AvgIpc) is 3.32. The van der Waals surface area contributed by atoms with Crippen LogP contribution < -0.4 is 5.32 Å². The maximum absolute atomic E-state index is 12.2. The Morgan fingerprint density at radius 3 is 2.65 bits per heavy atom. The zero-order chi connectivity index (χ0) is 13.9. The van der Waals surface area contributed by atoms with Crippen LogP contribution in [0.2, 0.25) is 0 Å². The van der Waals surface area contributed by atoms with Crippen LogP contribution in [0, 0.1) is 0 Å². The molecule has 20 heavy (non-hydrogen) atoms. The van der Waals surface area contributed by atoms with E-state index in [2.05, 4.69) is 22.4 Å². The van der Waals surface area contributed by atoms with E-state index in [1.165, 1.54) is 12.8 Å². The number of nitrogens with one attached hydrogen (secondary N) is 1. The van der Waals surface area contributed by atoms with Gasteiger partial charge in [0.25, 0.3) is 5.91 Å². The third-order valence-electron chi connectivity index (χ3n) is 3.56. The molecule has 1 N–H and O–H groups in total. The summed E-state index contributed by atoms with van der Waals surface area (Å²) >= 11 is 0. The maximum Gasteiger partial charge on any atom is 0.276 e. The van der Waals surface area contributed by atoms with Crippen LogP contribution in [0.4, 0.5) is 5.69 Å². The Balaban J connectivity index is 1.75. The second kappa shape index (κ2) is 5.41. The topological polar surface area (TPSA) is 54.9 Å². The van der Waals surface area contributed by atoms with Crippen molar-refractivity contribution >= 4 is 11.6 Å². The van der Waals surface area contributed by atoms with Gasteiger partial charge in [0.05, 0.1) is 5.69 Å². The number of aromatic nitrogens is 2. The number of carbonyl (C=O) groups is 1. The molecule has 1 amide bonds. The SMILES string of the molecule is CCc1ccccc1NC(=O)c1ccc(C2CC2)nn1. The standard InChI is InChI=1S/C16H17N3O/c1-2-11-5-3-4-6-13(11)17-16(20)15-10-9-14(18-19-15)12-7-8-12/h3-6,9-10,12H,2,7-8H2,1H3,(H,17,20). The number of carbonyl (C=O) groups excluding carboxylic acids is 1. The van der Waals surface area contributed by atoms with Crippen LogP contribution in [0.3, 0.4) is 0 Å². The van der Waals surface area contributed by atoms with Gasteiger partial charge in [0, 0.05) is 11.6 Å². The Hall–Kier alpha value is -2.23. The van der Waals surface area contributed by atoms with Gasteiger partial charge in [-0.05, 0) is 43.0 Å². The van der Waals surface area contributed by atoms with E-state index in [0.29, 0.717) is 11.6 Å². The zero-order valence-electron chi connectivity index (χ0n) is 11.5. The van der Waals surface area contributed by atoms with E-state index in [9.17, 15) is 4.79 Å². The van der Waals surface area contributed by atoms with Gasteiger partial charge in [0.2, 0.25) is 0 Å². The lowest BCUT2D eigenvalue weighted by Crippen LogP contribution is -2.15. The highest BCUT2D eigenvalue weighted by molar-refractivity contribution is 6.03. The van der Waals surface area contributed by atoms with Gasteiger partial charge < -0.3 is 5.32 Å². The van der Waals surface area contributed by atoms with E-state index in [0.717, 1.165) is 23.4 Å². The molecule has 2 aromatic rings. The van der Waals surface area contributed by atoms with Crippen LogP contribution >= 0.6 is 0 Å². The van der Waals surface area contributed by atoms with E-state index in [4.69, 9.17) is 0 Å². The number of nitrogens with zero attached hydrogens (tertiary/aromatic N) is 2. The fourth-order valence-corrected chi connectivity index (χ4v) is 2.20. The smallest absolute Gasteiger partial charge is 0.276 e. The van der Waals surface area contributed by atoms with Crippen molar-refractivity contribution in [1.82, 2.24) is 10.2 Å². The third kappa shape index (κ3) is 2.69. The first-order valence-electron chi connectivity index (χ1n) is 7.01. The summed E-state index contributed by atoms with van der Waals surface area (Å²) in [4.78, 5) is 12.2. The Morgan fingerprint density at radius 1 is 1.20 bits per heavy atom. The average molecular weight is 267 g/mol. The first kappa shape index (κ1) is 12.8. The van der Waals surface area contributed by atoms with Crippen molar-refractivity contribution in [2.24, 2.45) is 0 Å². The number of benzene rings is 1. The summed E-state index contributed by atoms with van der Waals surface area (Å²) in [5, 5.41) is 11.1. The molecule has 1 aliphatic carbocycles. The molecule has 0 bridgehead atoms. The van der Waals surface area contributed by atoms with Gasteiger partial charge in [-0.2, -0.15) is 5.10 Å². The fraction of sp³-hybridized carbons (Fsp3) is 0.312. The second-order valence-electron chi connectivity index (χ2n) is 5.08. The molecule has 0 unspecified atom stereocenters. The summed E-state index contributed by atoms with van der Waals surface area (Å²) in [5.74, 6) is 0.348. The van der Waals surface area contributed by atoms with Gasteiger partial charge in [-0.1, -0.05) is 25.1 Å². The molecule has 1 aromatic carbocycles. The summed E-state index contributed by atoms with van der Waals surface area (Å²) in [7, 11) is 0. The minimum atomic E-state index is -0.208. The van der Waals surface area contributed by atoms with Gasteiger partial charge >= 0.3 is 0 Å². The predicted molar refractivity (Wildman–Crippen MR) is 77.8 cm³/mol. The number of anilines is 1. The number of para-hydroxylation sites is 1. The quantitative estimate of drug-likeness (QED) is 0.925. The second-order valence-corrected chi connectivity index (χ2v) is 5.08. The molecular weight excluding hydrogens is 250 g/mol. The third-order valence-corrected chi connectivity index (χ3v) is 3.56. The monoisotopic (exact) mass is 267 g/mol. The van der Waals surface area contributed by atoms with E-state index < -0.39 is 0 Å². The molecule has 1 aliphatic rings.